The Morgan fingerprint density at radius 2 is 1.94 bits per heavy atom. The van der Waals surface area contributed by atoms with Crippen molar-refractivity contribution < 1.29 is 9.18 Å². The summed E-state index contributed by atoms with van der Waals surface area (Å²) in [5.41, 5.74) is 0.526. The number of hydrogen-bond acceptors (Lipinski definition) is 1. The highest BCUT2D eigenvalue weighted by Crippen LogP contribution is 2.09. The van der Waals surface area contributed by atoms with Crippen LogP contribution in [0.25, 0.3) is 0 Å². The van der Waals surface area contributed by atoms with Crippen LogP contribution < -0.4 is 5.32 Å². The van der Waals surface area contributed by atoms with Crippen molar-refractivity contribution in [2.24, 2.45) is 0 Å². The molecule has 92 valence electrons. The van der Waals surface area contributed by atoms with Crippen molar-refractivity contribution in [3.05, 3.63) is 35.6 Å². The Morgan fingerprint density at radius 3 is 2.65 bits per heavy atom. The Kier molecular flexibility index (Phi) is 3.96. The van der Waals surface area contributed by atoms with E-state index in [1.165, 1.54) is 12.5 Å². The maximum absolute atomic E-state index is 13.3. The van der Waals surface area contributed by atoms with Gasteiger partial charge in [-0.2, -0.15) is 0 Å². The molecule has 1 aromatic rings. The maximum Gasteiger partial charge on any atom is 0.317 e. The summed E-state index contributed by atoms with van der Waals surface area (Å²) in [7, 11) is 0. The lowest BCUT2D eigenvalue weighted by atomic mass is 10.1. The van der Waals surface area contributed by atoms with Crippen molar-refractivity contribution in [3.8, 4) is 0 Å². The maximum atomic E-state index is 13.3. The molecule has 1 N–H and O–H groups in total. The van der Waals surface area contributed by atoms with E-state index in [2.05, 4.69) is 5.32 Å². The summed E-state index contributed by atoms with van der Waals surface area (Å²) in [6.07, 6.45) is 3.32. The summed E-state index contributed by atoms with van der Waals surface area (Å²) in [6, 6.07) is 6.42. The second-order valence-electron chi connectivity index (χ2n) is 4.30. The van der Waals surface area contributed by atoms with Crippen LogP contribution in [-0.2, 0) is 6.54 Å². The van der Waals surface area contributed by atoms with E-state index in [9.17, 15) is 9.18 Å². The molecule has 0 saturated carbocycles. The lowest BCUT2D eigenvalue weighted by Gasteiger charge is -2.26. The average molecular weight is 236 g/mol. The summed E-state index contributed by atoms with van der Waals surface area (Å²) in [6.45, 7) is 1.87. The SMILES string of the molecule is O=C(NCc1ccccc1F)N1CCCCC1. The predicted octanol–water partition coefficient (Wildman–Crippen LogP) is 2.52. The van der Waals surface area contributed by atoms with E-state index in [0.717, 1.165) is 25.9 Å². The summed E-state index contributed by atoms with van der Waals surface area (Å²) in [5, 5.41) is 2.76. The Hall–Kier alpha value is -1.58. The molecule has 0 aliphatic carbocycles. The van der Waals surface area contributed by atoms with E-state index in [0.29, 0.717) is 5.56 Å². The highest BCUT2D eigenvalue weighted by Gasteiger charge is 2.15. The molecular formula is C13H17FN2O. The lowest BCUT2D eigenvalue weighted by molar-refractivity contribution is 0.186. The van der Waals surface area contributed by atoms with Crippen molar-refractivity contribution in [1.82, 2.24) is 10.2 Å². The first-order valence-corrected chi connectivity index (χ1v) is 6.03. The molecule has 1 aromatic carbocycles. The average Bonchev–Trinajstić information content (AvgIpc) is 2.38. The van der Waals surface area contributed by atoms with Gasteiger partial charge in [0.2, 0.25) is 0 Å². The van der Waals surface area contributed by atoms with E-state index in [1.54, 1.807) is 23.1 Å². The zero-order chi connectivity index (χ0) is 12.1. The van der Waals surface area contributed by atoms with Crippen molar-refractivity contribution in [2.45, 2.75) is 25.8 Å². The minimum absolute atomic E-state index is 0.0899. The van der Waals surface area contributed by atoms with Gasteiger partial charge in [0.15, 0.2) is 0 Å². The van der Waals surface area contributed by atoms with Gasteiger partial charge in [-0.1, -0.05) is 18.2 Å². The molecule has 2 amide bonds. The van der Waals surface area contributed by atoms with Gasteiger partial charge in [-0.25, -0.2) is 9.18 Å². The largest absolute Gasteiger partial charge is 0.334 e. The molecule has 3 nitrogen and oxygen atoms in total. The second-order valence-corrected chi connectivity index (χ2v) is 4.30. The molecule has 4 heteroatoms. The number of rotatable bonds is 2. The summed E-state index contributed by atoms with van der Waals surface area (Å²) < 4.78 is 13.3. The number of nitrogens with zero attached hydrogens (tertiary/aromatic N) is 1. The van der Waals surface area contributed by atoms with Gasteiger partial charge in [0.25, 0.3) is 0 Å². The molecule has 0 spiro atoms. The first-order valence-electron chi connectivity index (χ1n) is 6.03. The van der Waals surface area contributed by atoms with Crippen LogP contribution in [0.5, 0.6) is 0 Å². The predicted molar refractivity (Wildman–Crippen MR) is 64.1 cm³/mol. The Labute approximate surface area is 101 Å². The number of carbonyl (C=O) groups is 1. The molecule has 17 heavy (non-hydrogen) atoms. The van der Waals surface area contributed by atoms with E-state index in [-0.39, 0.29) is 18.4 Å². The molecular weight excluding hydrogens is 219 g/mol. The highest BCUT2D eigenvalue weighted by atomic mass is 19.1. The Morgan fingerprint density at radius 1 is 1.24 bits per heavy atom. The van der Waals surface area contributed by atoms with Crippen molar-refractivity contribution in [2.75, 3.05) is 13.1 Å². The summed E-state index contributed by atoms with van der Waals surface area (Å²) in [5.74, 6) is -0.272. The van der Waals surface area contributed by atoms with Gasteiger partial charge >= 0.3 is 6.03 Å². The highest BCUT2D eigenvalue weighted by molar-refractivity contribution is 5.74. The molecule has 2 rings (SSSR count). The van der Waals surface area contributed by atoms with Crippen molar-refractivity contribution in [1.29, 1.82) is 0 Å². The molecule has 0 unspecified atom stereocenters. The number of nitrogens with one attached hydrogen (secondary N) is 1. The Bertz CT molecular complexity index is 389. The van der Waals surface area contributed by atoms with Gasteiger partial charge < -0.3 is 10.2 Å². The smallest absolute Gasteiger partial charge is 0.317 e. The minimum atomic E-state index is -0.272. The van der Waals surface area contributed by atoms with E-state index in [4.69, 9.17) is 0 Å². The molecule has 0 radical (unpaired) electrons. The minimum Gasteiger partial charge on any atom is -0.334 e. The van der Waals surface area contributed by atoms with Crippen LogP contribution in [0.15, 0.2) is 24.3 Å². The number of benzene rings is 1. The van der Waals surface area contributed by atoms with Gasteiger partial charge in [-0.05, 0) is 25.3 Å². The van der Waals surface area contributed by atoms with Crippen LogP contribution in [0.1, 0.15) is 24.8 Å². The fourth-order valence-electron chi connectivity index (χ4n) is 2.02. The van der Waals surface area contributed by atoms with Gasteiger partial charge in [-0.3, -0.25) is 0 Å². The van der Waals surface area contributed by atoms with E-state index >= 15 is 0 Å². The van der Waals surface area contributed by atoms with Crippen molar-refractivity contribution in [3.63, 3.8) is 0 Å². The topological polar surface area (TPSA) is 32.3 Å². The van der Waals surface area contributed by atoms with Gasteiger partial charge in [0.1, 0.15) is 5.82 Å². The van der Waals surface area contributed by atoms with Crippen LogP contribution in [0.4, 0.5) is 9.18 Å². The molecule has 1 aliphatic rings. The molecule has 1 fully saturated rings. The molecule has 1 saturated heterocycles. The molecule has 1 heterocycles. The number of hydrogen-bond donors (Lipinski definition) is 1. The van der Waals surface area contributed by atoms with Gasteiger partial charge in [-0.15, -0.1) is 0 Å². The Balaban J connectivity index is 1.85. The fourth-order valence-corrected chi connectivity index (χ4v) is 2.02. The zero-order valence-electron chi connectivity index (χ0n) is 9.79. The number of likely N-dealkylation sites (tertiary alicyclic amines) is 1. The molecule has 0 bridgehead atoms. The standard InChI is InChI=1S/C13H17FN2O/c14-12-7-3-2-6-11(12)10-15-13(17)16-8-4-1-5-9-16/h2-3,6-7H,1,4-5,8-10H2,(H,15,17). The van der Waals surface area contributed by atoms with Crippen LogP contribution in [0, 0.1) is 5.82 Å². The quantitative estimate of drug-likeness (QED) is 0.840. The number of halogens is 1. The monoisotopic (exact) mass is 236 g/mol. The second kappa shape index (κ2) is 5.66. The third-order valence-electron chi connectivity index (χ3n) is 3.03. The normalized spacial score (nSPS) is 15.7. The number of piperidine rings is 1. The van der Waals surface area contributed by atoms with E-state index < -0.39 is 0 Å². The van der Waals surface area contributed by atoms with Crippen LogP contribution in [-0.4, -0.2) is 24.0 Å². The molecule has 0 atom stereocenters. The van der Waals surface area contributed by atoms with Gasteiger partial charge in [0, 0.05) is 25.2 Å². The van der Waals surface area contributed by atoms with E-state index in [1.807, 2.05) is 0 Å². The molecule has 0 aromatic heterocycles. The van der Waals surface area contributed by atoms with Crippen molar-refractivity contribution >= 4 is 6.03 Å². The number of carbonyl (C=O) groups excluding carboxylic acids is 1. The third-order valence-corrected chi connectivity index (χ3v) is 3.03. The summed E-state index contributed by atoms with van der Waals surface area (Å²) >= 11 is 0. The first kappa shape index (κ1) is 11.9. The third kappa shape index (κ3) is 3.19. The van der Waals surface area contributed by atoms with Crippen LogP contribution >= 0.6 is 0 Å². The fraction of sp³-hybridized carbons (Fsp3) is 0.462. The zero-order valence-corrected chi connectivity index (χ0v) is 9.79. The number of amides is 2. The first-order chi connectivity index (χ1) is 8.27. The number of urea groups is 1. The molecule has 1 aliphatic heterocycles. The lowest BCUT2D eigenvalue weighted by Crippen LogP contribution is -2.42. The van der Waals surface area contributed by atoms with Crippen LogP contribution in [0.3, 0.4) is 0 Å². The van der Waals surface area contributed by atoms with Crippen LogP contribution in [0.2, 0.25) is 0 Å². The summed E-state index contributed by atoms with van der Waals surface area (Å²) in [4.78, 5) is 13.6. The van der Waals surface area contributed by atoms with Gasteiger partial charge in [0.05, 0.1) is 0 Å².